The molecule has 2 aliphatic rings. The minimum Gasteiger partial charge on any atom is -0.389 e. The minimum atomic E-state index is -0.479. The monoisotopic (exact) mass is 346 g/mol. The lowest BCUT2D eigenvalue weighted by atomic mass is 10.2. The molecule has 0 aromatic carbocycles. The molecule has 0 amide bonds. The Hall–Kier alpha value is -1.72. The van der Waals surface area contributed by atoms with Crippen LogP contribution < -0.4 is 4.90 Å². The third-order valence-corrected chi connectivity index (χ3v) is 4.68. The number of β-amino-alcohol motifs (C(OH)–C–C–N with tert-alkyl or cyclic N) is 1. The van der Waals surface area contributed by atoms with Crippen molar-refractivity contribution in [3.63, 3.8) is 0 Å². The van der Waals surface area contributed by atoms with Crippen molar-refractivity contribution in [1.82, 2.24) is 9.88 Å². The zero-order chi connectivity index (χ0) is 17.5. The van der Waals surface area contributed by atoms with E-state index < -0.39 is 6.10 Å². The van der Waals surface area contributed by atoms with E-state index in [2.05, 4.69) is 20.9 Å². The Balaban J connectivity index is 1.36. The predicted molar refractivity (Wildman–Crippen MR) is 93.4 cm³/mol. The number of rotatable bonds is 7. The van der Waals surface area contributed by atoms with Crippen molar-refractivity contribution in [2.24, 2.45) is 0 Å². The molecule has 2 aliphatic heterocycles. The van der Waals surface area contributed by atoms with Crippen LogP contribution in [-0.4, -0.2) is 79.7 Å². The summed E-state index contributed by atoms with van der Waals surface area (Å²) >= 11 is 0. The van der Waals surface area contributed by atoms with Crippen molar-refractivity contribution in [3.8, 4) is 6.07 Å². The lowest BCUT2D eigenvalue weighted by Crippen LogP contribution is -2.49. The van der Waals surface area contributed by atoms with E-state index in [1.807, 2.05) is 6.07 Å². The number of aromatic nitrogens is 1. The fourth-order valence-electron chi connectivity index (χ4n) is 3.28. The van der Waals surface area contributed by atoms with Crippen molar-refractivity contribution in [2.75, 3.05) is 57.4 Å². The smallest absolute Gasteiger partial charge is 0.129 e. The SMILES string of the molecule is N#Cc1ccnc(N2CCN(CC(O)COCC3CCCO3)CC2)c1. The van der Waals surface area contributed by atoms with Gasteiger partial charge in [0.05, 0.1) is 37.1 Å². The molecule has 1 aromatic rings. The highest BCUT2D eigenvalue weighted by atomic mass is 16.5. The van der Waals surface area contributed by atoms with Gasteiger partial charge in [0.2, 0.25) is 0 Å². The molecule has 25 heavy (non-hydrogen) atoms. The van der Waals surface area contributed by atoms with Crippen LogP contribution in [0.1, 0.15) is 18.4 Å². The van der Waals surface area contributed by atoms with Crippen LogP contribution in [0, 0.1) is 11.3 Å². The molecule has 0 radical (unpaired) electrons. The number of aliphatic hydroxyl groups excluding tert-OH is 1. The molecule has 2 atom stereocenters. The van der Waals surface area contributed by atoms with E-state index in [1.54, 1.807) is 12.3 Å². The number of piperazine rings is 1. The summed E-state index contributed by atoms with van der Waals surface area (Å²) in [6.45, 7) is 5.77. The van der Waals surface area contributed by atoms with Crippen LogP contribution in [0.3, 0.4) is 0 Å². The van der Waals surface area contributed by atoms with Crippen LogP contribution in [0.5, 0.6) is 0 Å². The molecule has 2 saturated heterocycles. The number of aliphatic hydroxyl groups is 1. The van der Waals surface area contributed by atoms with E-state index in [9.17, 15) is 5.11 Å². The highest BCUT2D eigenvalue weighted by molar-refractivity contribution is 5.45. The Bertz CT molecular complexity index is 578. The highest BCUT2D eigenvalue weighted by Gasteiger charge is 2.21. The van der Waals surface area contributed by atoms with Gasteiger partial charge in [-0.25, -0.2) is 4.98 Å². The fourth-order valence-corrected chi connectivity index (χ4v) is 3.28. The summed E-state index contributed by atoms with van der Waals surface area (Å²) in [6, 6.07) is 5.69. The molecule has 1 N–H and O–H groups in total. The number of nitrogens with zero attached hydrogens (tertiary/aromatic N) is 4. The van der Waals surface area contributed by atoms with Gasteiger partial charge in [0.25, 0.3) is 0 Å². The maximum atomic E-state index is 10.2. The summed E-state index contributed by atoms with van der Waals surface area (Å²) in [5, 5.41) is 19.1. The molecule has 0 aliphatic carbocycles. The van der Waals surface area contributed by atoms with Gasteiger partial charge in [0.1, 0.15) is 5.82 Å². The van der Waals surface area contributed by atoms with Gasteiger partial charge in [-0.15, -0.1) is 0 Å². The maximum Gasteiger partial charge on any atom is 0.129 e. The van der Waals surface area contributed by atoms with Gasteiger partial charge in [-0.2, -0.15) is 5.26 Å². The second-order valence-electron chi connectivity index (χ2n) is 6.63. The summed E-state index contributed by atoms with van der Waals surface area (Å²) in [5.41, 5.74) is 0.631. The van der Waals surface area contributed by atoms with Crippen molar-refractivity contribution in [2.45, 2.75) is 25.0 Å². The van der Waals surface area contributed by atoms with E-state index in [4.69, 9.17) is 14.7 Å². The lowest BCUT2D eigenvalue weighted by Gasteiger charge is -2.36. The number of ether oxygens (including phenoxy) is 2. The van der Waals surface area contributed by atoms with E-state index in [-0.39, 0.29) is 6.10 Å². The second-order valence-corrected chi connectivity index (χ2v) is 6.63. The summed E-state index contributed by atoms with van der Waals surface area (Å²) in [6.07, 6.45) is 3.56. The second kappa shape index (κ2) is 9.11. The molecule has 0 spiro atoms. The molecule has 7 heteroatoms. The van der Waals surface area contributed by atoms with Gasteiger partial charge in [0.15, 0.2) is 0 Å². The Morgan fingerprint density at radius 3 is 2.96 bits per heavy atom. The molecule has 3 rings (SSSR count). The average Bonchev–Trinajstić information content (AvgIpc) is 3.16. The lowest BCUT2D eigenvalue weighted by molar-refractivity contribution is -0.0254. The predicted octanol–water partition coefficient (Wildman–Crippen LogP) is 0.632. The fraction of sp³-hybridized carbons (Fsp3) is 0.667. The third-order valence-electron chi connectivity index (χ3n) is 4.68. The zero-order valence-electron chi connectivity index (χ0n) is 14.5. The van der Waals surface area contributed by atoms with Crippen molar-refractivity contribution in [3.05, 3.63) is 23.9 Å². The van der Waals surface area contributed by atoms with Crippen LogP contribution in [0.2, 0.25) is 0 Å². The van der Waals surface area contributed by atoms with Crippen LogP contribution in [0.15, 0.2) is 18.3 Å². The number of nitriles is 1. The summed E-state index contributed by atoms with van der Waals surface area (Å²) < 4.78 is 11.1. The first-order valence-corrected chi connectivity index (χ1v) is 8.95. The highest BCUT2D eigenvalue weighted by Crippen LogP contribution is 2.15. The maximum absolute atomic E-state index is 10.2. The minimum absolute atomic E-state index is 0.201. The third kappa shape index (κ3) is 5.38. The normalized spacial score (nSPS) is 22.7. The first-order chi connectivity index (χ1) is 12.2. The van der Waals surface area contributed by atoms with Gasteiger partial charge >= 0.3 is 0 Å². The van der Waals surface area contributed by atoms with Crippen LogP contribution in [-0.2, 0) is 9.47 Å². The molecule has 0 bridgehead atoms. The average molecular weight is 346 g/mol. The van der Waals surface area contributed by atoms with Crippen molar-refractivity contribution >= 4 is 5.82 Å². The van der Waals surface area contributed by atoms with Gasteiger partial charge in [-0.1, -0.05) is 0 Å². The van der Waals surface area contributed by atoms with Gasteiger partial charge in [0, 0.05) is 45.5 Å². The summed E-state index contributed by atoms with van der Waals surface area (Å²) in [7, 11) is 0. The first kappa shape index (κ1) is 18.1. The first-order valence-electron chi connectivity index (χ1n) is 8.95. The van der Waals surface area contributed by atoms with E-state index in [0.29, 0.717) is 25.3 Å². The molecular weight excluding hydrogens is 320 g/mol. The van der Waals surface area contributed by atoms with Gasteiger partial charge in [-0.3, -0.25) is 4.90 Å². The molecule has 136 valence electrons. The Labute approximate surface area is 148 Å². The standard InChI is InChI=1S/C18H26N4O3/c19-11-15-3-4-20-18(10-15)22-7-5-21(6-8-22)12-16(23)13-24-14-17-2-1-9-25-17/h3-4,10,16-17,23H,1-2,5-9,12-14H2. The number of hydrogen-bond acceptors (Lipinski definition) is 7. The van der Waals surface area contributed by atoms with Crippen molar-refractivity contribution < 1.29 is 14.6 Å². The van der Waals surface area contributed by atoms with Crippen LogP contribution >= 0.6 is 0 Å². The van der Waals surface area contributed by atoms with Gasteiger partial charge < -0.3 is 19.5 Å². The molecular formula is C18H26N4O3. The molecule has 2 fully saturated rings. The van der Waals surface area contributed by atoms with E-state index >= 15 is 0 Å². The topological polar surface area (TPSA) is 81.9 Å². The quantitative estimate of drug-likeness (QED) is 0.775. The molecule has 2 unspecified atom stereocenters. The molecule has 7 nitrogen and oxygen atoms in total. The Morgan fingerprint density at radius 2 is 2.24 bits per heavy atom. The summed E-state index contributed by atoms with van der Waals surface area (Å²) in [5.74, 6) is 0.846. The molecule has 0 saturated carbocycles. The number of hydrogen-bond donors (Lipinski definition) is 1. The van der Waals surface area contributed by atoms with E-state index in [1.165, 1.54) is 0 Å². The number of anilines is 1. The number of pyridine rings is 1. The van der Waals surface area contributed by atoms with Crippen LogP contribution in [0.4, 0.5) is 5.82 Å². The zero-order valence-corrected chi connectivity index (χ0v) is 14.5. The Morgan fingerprint density at radius 1 is 1.40 bits per heavy atom. The van der Waals surface area contributed by atoms with Crippen LogP contribution in [0.25, 0.3) is 0 Å². The Kier molecular flexibility index (Phi) is 6.59. The largest absolute Gasteiger partial charge is 0.389 e. The molecule has 3 heterocycles. The van der Waals surface area contributed by atoms with E-state index in [0.717, 1.165) is 51.4 Å². The van der Waals surface area contributed by atoms with Crippen molar-refractivity contribution in [1.29, 1.82) is 5.26 Å². The molecule has 1 aromatic heterocycles. The summed E-state index contributed by atoms with van der Waals surface area (Å²) in [4.78, 5) is 8.77. The van der Waals surface area contributed by atoms with Gasteiger partial charge in [-0.05, 0) is 25.0 Å².